The number of rotatable bonds is 5. The molecule has 0 bridgehead atoms. The molecule has 0 radical (unpaired) electrons. The summed E-state index contributed by atoms with van der Waals surface area (Å²) in [7, 11) is 4.66. The Morgan fingerprint density at radius 1 is 0.950 bits per heavy atom. The topological polar surface area (TPSA) is 73.7 Å². The maximum atomic E-state index is 9.13. The summed E-state index contributed by atoms with van der Waals surface area (Å²) in [6.45, 7) is -0.139. The van der Waals surface area contributed by atoms with Crippen LogP contribution in [0, 0.1) is 0 Å². The van der Waals surface area contributed by atoms with Gasteiger partial charge in [-0.05, 0) is 18.2 Å². The molecule has 0 saturated carbocycles. The van der Waals surface area contributed by atoms with Crippen LogP contribution < -0.4 is 14.2 Å². The fraction of sp³-hybridized carbons (Fsp3) is 0.286. The molecular weight excluding hydrogens is 260 g/mol. The van der Waals surface area contributed by atoms with Gasteiger partial charge in [-0.15, -0.1) is 0 Å². The molecule has 0 saturated heterocycles. The number of aliphatic hydroxyl groups is 1. The minimum atomic E-state index is -0.139. The number of aliphatic hydroxyl groups excluding tert-OH is 1. The average Bonchev–Trinajstić information content (AvgIpc) is 2.53. The lowest BCUT2D eigenvalue weighted by Crippen LogP contribution is -1.97. The summed E-state index contributed by atoms with van der Waals surface area (Å²) in [6, 6.07) is 5.30. The van der Waals surface area contributed by atoms with E-state index >= 15 is 0 Å². The van der Waals surface area contributed by atoms with E-state index in [0.717, 1.165) is 5.56 Å². The van der Waals surface area contributed by atoms with Crippen LogP contribution in [0.2, 0.25) is 0 Å². The van der Waals surface area contributed by atoms with Gasteiger partial charge in [0, 0.05) is 5.56 Å². The molecule has 2 aromatic rings. The third kappa shape index (κ3) is 2.65. The van der Waals surface area contributed by atoms with Crippen LogP contribution in [0.3, 0.4) is 0 Å². The van der Waals surface area contributed by atoms with E-state index in [1.807, 2.05) is 0 Å². The predicted octanol–water partition coefficient (Wildman–Crippen LogP) is 1.66. The molecule has 106 valence electrons. The van der Waals surface area contributed by atoms with Crippen molar-refractivity contribution >= 4 is 0 Å². The Balaban J connectivity index is 2.56. The molecule has 0 aliphatic heterocycles. The smallest absolute Gasteiger partial charge is 0.203 e. The number of aromatic nitrogens is 2. The van der Waals surface area contributed by atoms with Gasteiger partial charge in [-0.2, -0.15) is 0 Å². The molecule has 0 fully saturated rings. The summed E-state index contributed by atoms with van der Waals surface area (Å²) >= 11 is 0. The van der Waals surface area contributed by atoms with Gasteiger partial charge in [0.1, 0.15) is 6.33 Å². The predicted molar refractivity (Wildman–Crippen MR) is 73.0 cm³/mol. The van der Waals surface area contributed by atoms with E-state index in [2.05, 4.69) is 9.97 Å². The van der Waals surface area contributed by atoms with Crippen LogP contribution in [0.15, 0.2) is 24.5 Å². The second kappa shape index (κ2) is 6.21. The molecule has 0 aliphatic rings. The molecule has 2 rings (SSSR count). The number of hydrogen-bond donors (Lipinski definition) is 1. The monoisotopic (exact) mass is 276 g/mol. The summed E-state index contributed by atoms with van der Waals surface area (Å²) in [5.74, 6) is 1.62. The largest absolute Gasteiger partial charge is 0.493 e. The molecule has 1 aromatic carbocycles. The molecule has 1 aromatic heterocycles. The number of ether oxygens (including phenoxy) is 3. The van der Waals surface area contributed by atoms with Crippen molar-refractivity contribution < 1.29 is 19.3 Å². The van der Waals surface area contributed by atoms with E-state index in [-0.39, 0.29) is 6.61 Å². The molecule has 0 spiro atoms. The first-order valence-corrected chi connectivity index (χ1v) is 5.95. The van der Waals surface area contributed by atoms with Gasteiger partial charge in [0.25, 0.3) is 0 Å². The van der Waals surface area contributed by atoms with Gasteiger partial charge in [-0.1, -0.05) is 0 Å². The highest BCUT2D eigenvalue weighted by Gasteiger charge is 2.14. The Bertz CT molecular complexity index is 576. The highest BCUT2D eigenvalue weighted by molar-refractivity contribution is 5.68. The second-order valence-corrected chi connectivity index (χ2v) is 3.97. The molecule has 0 aliphatic carbocycles. The first-order chi connectivity index (χ1) is 9.73. The number of hydrogen-bond acceptors (Lipinski definition) is 6. The van der Waals surface area contributed by atoms with E-state index in [4.69, 9.17) is 19.3 Å². The lowest BCUT2D eigenvalue weighted by Gasteiger charge is -2.14. The number of benzene rings is 1. The molecule has 6 nitrogen and oxygen atoms in total. The van der Waals surface area contributed by atoms with Crippen molar-refractivity contribution in [2.45, 2.75) is 6.61 Å². The van der Waals surface area contributed by atoms with Gasteiger partial charge < -0.3 is 19.3 Å². The van der Waals surface area contributed by atoms with Crippen molar-refractivity contribution in [2.24, 2.45) is 0 Å². The Kier molecular flexibility index (Phi) is 4.37. The van der Waals surface area contributed by atoms with Gasteiger partial charge in [-0.25, -0.2) is 9.97 Å². The maximum Gasteiger partial charge on any atom is 0.203 e. The zero-order chi connectivity index (χ0) is 14.5. The zero-order valence-corrected chi connectivity index (χ0v) is 11.6. The maximum absolute atomic E-state index is 9.13. The lowest BCUT2D eigenvalue weighted by atomic mass is 10.1. The molecule has 1 N–H and O–H groups in total. The quantitative estimate of drug-likeness (QED) is 0.895. The van der Waals surface area contributed by atoms with E-state index in [1.54, 1.807) is 39.5 Å². The molecule has 20 heavy (non-hydrogen) atoms. The zero-order valence-electron chi connectivity index (χ0n) is 11.6. The molecule has 0 unspecified atom stereocenters. The van der Waals surface area contributed by atoms with Crippen LogP contribution in [0.25, 0.3) is 11.3 Å². The van der Waals surface area contributed by atoms with E-state index in [9.17, 15) is 0 Å². The van der Waals surface area contributed by atoms with E-state index < -0.39 is 0 Å². The summed E-state index contributed by atoms with van der Waals surface area (Å²) in [5.41, 5.74) is 2.00. The third-order valence-corrected chi connectivity index (χ3v) is 2.85. The van der Waals surface area contributed by atoms with Crippen molar-refractivity contribution in [2.75, 3.05) is 21.3 Å². The number of nitrogens with zero attached hydrogens (tertiary/aromatic N) is 2. The Morgan fingerprint density at radius 3 is 2.10 bits per heavy atom. The van der Waals surface area contributed by atoms with Gasteiger partial charge in [0.05, 0.1) is 39.3 Å². The van der Waals surface area contributed by atoms with E-state index in [1.165, 1.54) is 6.33 Å². The van der Waals surface area contributed by atoms with E-state index in [0.29, 0.717) is 28.6 Å². The van der Waals surface area contributed by atoms with Crippen molar-refractivity contribution in [3.63, 3.8) is 0 Å². The second-order valence-electron chi connectivity index (χ2n) is 3.97. The standard InChI is InChI=1S/C14H16N2O4/c1-18-12-4-9(5-13(19-2)14(12)20-3)11-6-10(7-17)15-8-16-11/h4-6,8,17H,7H2,1-3H3. The van der Waals surface area contributed by atoms with Crippen molar-refractivity contribution in [3.05, 3.63) is 30.2 Å². The molecule has 0 amide bonds. The van der Waals surface area contributed by atoms with Crippen LogP contribution in [-0.2, 0) is 6.61 Å². The fourth-order valence-electron chi connectivity index (χ4n) is 1.87. The minimum absolute atomic E-state index is 0.139. The molecular formula is C14H16N2O4. The van der Waals surface area contributed by atoms with Crippen LogP contribution in [-0.4, -0.2) is 36.4 Å². The lowest BCUT2D eigenvalue weighted by molar-refractivity contribution is 0.276. The molecule has 1 heterocycles. The van der Waals surface area contributed by atoms with Crippen LogP contribution >= 0.6 is 0 Å². The highest BCUT2D eigenvalue weighted by atomic mass is 16.5. The summed E-state index contributed by atoms with van der Waals surface area (Å²) in [6.07, 6.45) is 1.41. The van der Waals surface area contributed by atoms with Crippen LogP contribution in [0.1, 0.15) is 5.69 Å². The number of methoxy groups -OCH3 is 3. The van der Waals surface area contributed by atoms with Gasteiger partial charge in [0.2, 0.25) is 5.75 Å². The normalized spacial score (nSPS) is 10.2. The Morgan fingerprint density at radius 2 is 1.60 bits per heavy atom. The van der Waals surface area contributed by atoms with Crippen LogP contribution in [0.5, 0.6) is 17.2 Å². The Hall–Kier alpha value is -2.34. The van der Waals surface area contributed by atoms with Gasteiger partial charge >= 0.3 is 0 Å². The van der Waals surface area contributed by atoms with Crippen molar-refractivity contribution in [1.82, 2.24) is 9.97 Å². The van der Waals surface area contributed by atoms with Crippen molar-refractivity contribution in [3.8, 4) is 28.5 Å². The molecule has 0 atom stereocenters. The summed E-state index contributed by atoms with van der Waals surface area (Å²) < 4.78 is 15.9. The SMILES string of the molecule is COc1cc(-c2cc(CO)ncn2)cc(OC)c1OC. The highest BCUT2D eigenvalue weighted by Crippen LogP contribution is 2.40. The Labute approximate surface area is 117 Å². The first kappa shape index (κ1) is 14.1. The summed E-state index contributed by atoms with van der Waals surface area (Å²) in [4.78, 5) is 8.14. The van der Waals surface area contributed by atoms with Crippen molar-refractivity contribution in [1.29, 1.82) is 0 Å². The third-order valence-electron chi connectivity index (χ3n) is 2.85. The van der Waals surface area contributed by atoms with Gasteiger partial charge in [-0.3, -0.25) is 0 Å². The average molecular weight is 276 g/mol. The summed E-state index contributed by atoms with van der Waals surface area (Å²) in [5, 5.41) is 9.13. The van der Waals surface area contributed by atoms with Gasteiger partial charge in [0.15, 0.2) is 11.5 Å². The molecule has 6 heteroatoms. The van der Waals surface area contributed by atoms with Crippen LogP contribution in [0.4, 0.5) is 0 Å². The minimum Gasteiger partial charge on any atom is -0.493 e. The first-order valence-electron chi connectivity index (χ1n) is 5.95. The fourth-order valence-corrected chi connectivity index (χ4v) is 1.87.